The number of hydrogen-bond acceptors (Lipinski definition) is 3. The summed E-state index contributed by atoms with van der Waals surface area (Å²) >= 11 is 6.09. The molecule has 0 bridgehead atoms. The Kier molecular flexibility index (Phi) is 5.63. The van der Waals surface area contributed by atoms with Crippen LogP contribution in [0.15, 0.2) is 18.2 Å². The molecule has 0 atom stereocenters. The van der Waals surface area contributed by atoms with Crippen LogP contribution < -0.4 is 10.1 Å². The van der Waals surface area contributed by atoms with E-state index < -0.39 is 5.60 Å². The van der Waals surface area contributed by atoms with E-state index in [4.69, 9.17) is 21.1 Å². The van der Waals surface area contributed by atoms with Crippen LogP contribution in [0.1, 0.15) is 27.2 Å². The fraction of sp³-hybridized carbons (Fsp3) is 0.500. The Balaban J connectivity index is 2.76. The van der Waals surface area contributed by atoms with Gasteiger partial charge in [0.2, 0.25) is 0 Å². The van der Waals surface area contributed by atoms with E-state index in [0.29, 0.717) is 23.1 Å². The van der Waals surface area contributed by atoms with Crippen LogP contribution >= 0.6 is 11.6 Å². The monoisotopic (exact) mass is 285 g/mol. The van der Waals surface area contributed by atoms with Gasteiger partial charge in [-0.25, -0.2) is 0 Å². The van der Waals surface area contributed by atoms with Crippen molar-refractivity contribution < 1.29 is 14.3 Å². The molecule has 0 aliphatic carbocycles. The van der Waals surface area contributed by atoms with Crippen molar-refractivity contribution in [2.75, 3.05) is 19.0 Å². The van der Waals surface area contributed by atoms with E-state index in [0.717, 1.165) is 6.42 Å². The quantitative estimate of drug-likeness (QED) is 0.870. The third-order valence-electron chi connectivity index (χ3n) is 2.71. The van der Waals surface area contributed by atoms with E-state index in [-0.39, 0.29) is 5.91 Å². The topological polar surface area (TPSA) is 47.6 Å². The van der Waals surface area contributed by atoms with Gasteiger partial charge in [0.25, 0.3) is 5.91 Å². The van der Waals surface area contributed by atoms with E-state index in [2.05, 4.69) is 5.32 Å². The van der Waals surface area contributed by atoms with Gasteiger partial charge in [0.1, 0.15) is 11.4 Å². The first kappa shape index (κ1) is 15.8. The number of amides is 1. The number of halogens is 1. The van der Waals surface area contributed by atoms with Crippen LogP contribution in [0, 0.1) is 0 Å². The van der Waals surface area contributed by atoms with E-state index in [1.54, 1.807) is 32.0 Å². The molecule has 1 aromatic rings. The van der Waals surface area contributed by atoms with Gasteiger partial charge in [0.05, 0.1) is 11.6 Å². The highest BCUT2D eigenvalue weighted by Crippen LogP contribution is 2.28. The summed E-state index contributed by atoms with van der Waals surface area (Å²) in [4.78, 5) is 11.9. The van der Waals surface area contributed by atoms with Crippen molar-refractivity contribution in [3.05, 3.63) is 23.2 Å². The lowest BCUT2D eigenvalue weighted by atomic mass is 10.1. The molecule has 1 aromatic carbocycles. The first-order chi connectivity index (χ1) is 8.90. The molecule has 5 heteroatoms. The Morgan fingerprint density at radius 2 is 2.11 bits per heavy atom. The predicted octanol–water partition coefficient (Wildman–Crippen LogP) is 3.49. The smallest absolute Gasteiger partial charge is 0.256 e. The summed E-state index contributed by atoms with van der Waals surface area (Å²) in [5.41, 5.74) is -0.270. The molecular formula is C14H20ClNO3. The average molecular weight is 286 g/mol. The molecule has 0 heterocycles. The van der Waals surface area contributed by atoms with Crippen LogP contribution in [-0.2, 0) is 9.53 Å². The minimum atomic E-state index is -0.885. The largest absolute Gasteiger partial charge is 0.492 e. The fourth-order valence-corrected chi connectivity index (χ4v) is 1.52. The van der Waals surface area contributed by atoms with Crippen molar-refractivity contribution in [2.24, 2.45) is 0 Å². The standard InChI is InChI=1S/C14H20ClNO3/c1-5-8-19-12-7-6-10(9-11(12)15)16-13(17)14(2,3)18-4/h6-7,9H,5,8H2,1-4H3,(H,16,17). The maximum Gasteiger partial charge on any atom is 0.256 e. The molecule has 106 valence electrons. The first-order valence-corrected chi connectivity index (χ1v) is 6.57. The molecule has 4 nitrogen and oxygen atoms in total. The van der Waals surface area contributed by atoms with Gasteiger partial charge in [-0.3, -0.25) is 4.79 Å². The van der Waals surface area contributed by atoms with Crippen LogP contribution in [0.5, 0.6) is 5.75 Å². The normalized spacial score (nSPS) is 11.2. The Morgan fingerprint density at radius 3 is 2.63 bits per heavy atom. The van der Waals surface area contributed by atoms with Crippen LogP contribution in [0.4, 0.5) is 5.69 Å². The van der Waals surface area contributed by atoms with Crippen LogP contribution in [0.25, 0.3) is 0 Å². The molecule has 0 saturated heterocycles. The number of carbonyl (C=O) groups excluding carboxylic acids is 1. The summed E-state index contributed by atoms with van der Waals surface area (Å²) in [5.74, 6) is 0.390. The van der Waals surface area contributed by atoms with Crippen molar-refractivity contribution >= 4 is 23.2 Å². The minimum Gasteiger partial charge on any atom is -0.492 e. The minimum absolute atomic E-state index is 0.228. The molecule has 0 fully saturated rings. The number of ether oxygens (including phenoxy) is 2. The number of carbonyl (C=O) groups is 1. The van der Waals surface area contributed by atoms with Gasteiger partial charge in [-0.15, -0.1) is 0 Å². The first-order valence-electron chi connectivity index (χ1n) is 6.19. The Morgan fingerprint density at radius 1 is 1.42 bits per heavy atom. The van der Waals surface area contributed by atoms with Gasteiger partial charge in [-0.1, -0.05) is 18.5 Å². The summed E-state index contributed by atoms with van der Waals surface area (Å²) in [7, 11) is 1.49. The molecule has 0 aliphatic heterocycles. The van der Waals surface area contributed by atoms with Gasteiger partial charge >= 0.3 is 0 Å². The van der Waals surface area contributed by atoms with Crippen LogP contribution in [0.3, 0.4) is 0 Å². The second-order valence-corrected chi connectivity index (χ2v) is 5.07. The van der Waals surface area contributed by atoms with E-state index in [1.165, 1.54) is 7.11 Å². The summed E-state index contributed by atoms with van der Waals surface area (Å²) in [6.07, 6.45) is 0.914. The summed E-state index contributed by atoms with van der Waals surface area (Å²) in [6.45, 7) is 6.03. The number of hydrogen-bond donors (Lipinski definition) is 1. The molecule has 0 spiro atoms. The number of nitrogens with one attached hydrogen (secondary N) is 1. The number of benzene rings is 1. The zero-order valence-electron chi connectivity index (χ0n) is 11.7. The Hall–Kier alpha value is -1.26. The summed E-state index contributed by atoms with van der Waals surface area (Å²) in [5, 5.41) is 3.23. The summed E-state index contributed by atoms with van der Waals surface area (Å²) < 4.78 is 10.6. The van der Waals surface area contributed by atoms with Crippen molar-refractivity contribution in [1.29, 1.82) is 0 Å². The number of methoxy groups -OCH3 is 1. The lowest BCUT2D eigenvalue weighted by Crippen LogP contribution is -2.38. The van der Waals surface area contributed by atoms with Gasteiger partial charge < -0.3 is 14.8 Å². The lowest BCUT2D eigenvalue weighted by Gasteiger charge is -2.21. The van der Waals surface area contributed by atoms with Gasteiger partial charge in [0, 0.05) is 12.8 Å². The third-order valence-corrected chi connectivity index (χ3v) is 3.00. The molecule has 0 aromatic heterocycles. The maximum absolute atomic E-state index is 11.9. The highest BCUT2D eigenvalue weighted by atomic mass is 35.5. The molecule has 1 amide bonds. The molecule has 0 radical (unpaired) electrons. The van der Waals surface area contributed by atoms with E-state index in [1.807, 2.05) is 6.92 Å². The average Bonchev–Trinajstić information content (AvgIpc) is 2.37. The Bertz CT molecular complexity index is 446. The van der Waals surface area contributed by atoms with Gasteiger partial charge in [-0.05, 0) is 38.5 Å². The zero-order chi connectivity index (χ0) is 14.5. The maximum atomic E-state index is 11.9. The molecule has 19 heavy (non-hydrogen) atoms. The van der Waals surface area contributed by atoms with Crippen molar-refractivity contribution in [3.8, 4) is 5.75 Å². The van der Waals surface area contributed by atoms with Gasteiger partial charge in [0.15, 0.2) is 0 Å². The summed E-state index contributed by atoms with van der Waals surface area (Å²) in [6, 6.07) is 5.16. The van der Waals surface area contributed by atoms with Crippen LogP contribution in [-0.4, -0.2) is 25.2 Å². The van der Waals surface area contributed by atoms with Crippen molar-refractivity contribution in [2.45, 2.75) is 32.8 Å². The predicted molar refractivity (Wildman–Crippen MR) is 77.0 cm³/mol. The van der Waals surface area contributed by atoms with Gasteiger partial charge in [-0.2, -0.15) is 0 Å². The lowest BCUT2D eigenvalue weighted by molar-refractivity contribution is -0.133. The number of rotatable bonds is 6. The molecule has 0 saturated carbocycles. The molecule has 1 rings (SSSR count). The van der Waals surface area contributed by atoms with E-state index in [9.17, 15) is 4.79 Å². The molecule has 0 unspecified atom stereocenters. The second kappa shape index (κ2) is 6.78. The Labute approximate surface area is 119 Å². The van der Waals surface area contributed by atoms with Crippen LogP contribution in [0.2, 0.25) is 5.02 Å². The van der Waals surface area contributed by atoms with Crippen molar-refractivity contribution in [3.63, 3.8) is 0 Å². The van der Waals surface area contributed by atoms with E-state index >= 15 is 0 Å². The second-order valence-electron chi connectivity index (χ2n) is 4.66. The highest BCUT2D eigenvalue weighted by molar-refractivity contribution is 6.32. The number of anilines is 1. The van der Waals surface area contributed by atoms with Crippen molar-refractivity contribution in [1.82, 2.24) is 0 Å². The molecular weight excluding hydrogens is 266 g/mol. The zero-order valence-corrected chi connectivity index (χ0v) is 12.5. The fourth-order valence-electron chi connectivity index (χ4n) is 1.28. The molecule has 0 aliphatic rings. The SMILES string of the molecule is CCCOc1ccc(NC(=O)C(C)(C)OC)cc1Cl. The molecule has 1 N–H and O–H groups in total. The third kappa shape index (κ3) is 4.40. The highest BCUT2D eigenvalue weighted by Gasteiger charge is 2.27.